The van der Waals surface area contributed by atoms with Crippen LogP contribution in [0.1, 0.15) is 36.5 Å². The van der Waals surface area contributed by atoms with Gasteiger partial charge in [-0.05, 0) is 25.5 Å². The first-order valence-corrected chi connectivity index (χ1v) is 7.08. The van der Waals surface area contributed by atoms with E-state index in [9.17, 15) is 0 Å². The minimum atomic E-state index is 0. The molecule has 0 aliphatic carbocycles. The molecule has 2 heterocycles. The lowest BCUT2D eigenvalue weighted by Gasteiger charge is -2.23. The molecule has 0 spiro atoms. The molecule has 21 heavy (non-hydrogen) atoms. The van der Waals surface area contributed by atoms with Crippen LogP contribution in [0.4, 0.5) is 0 Å². The van der Waals surface area contributed by atoms with Crippen molar-refractivity contribution in [2.45, 2.75) is 38.4 Å². The molecule has 2 atom stereocenters. The van der Waals surface area contributed by atoms with Gasteiger partial charge in [0.15, 0.2) is 5.82 Å². The summed E-state index contributed by atoms with van der Waals surface area (Å²) in [6.45, 7) is 4.37. The Labute approximate surface area is 130 Å². The van der Waals surface area contributed by atoms with Crippen molar-refractivity contribution in [3.63, 3.8) is 0 Å². The number of halogens is 1. The van der Waals surface area contributed by atoms with Crippen LogP contribution in [0, 0.1) is 0 Å². The largest absolute Gasteiger partial charge is 0.338 e. The zero-order chi connectivity index (χ0) is 13.9. The third kappa shape index (κ3) is 3.43. The monoisotopic (exact) mass is 308 g/mol. The summed E-state index contributed by atoms with van der Waals surface area (Å²) in [5.41, 5.74) is 6.90. The molecule has 0 amide bonds. The Balaban J connectivity index is 0.00000161. The van der Waals surface area contributed by atoms with Crippen LogP contribution in [0.3, 0.4) is 0 Å². The number of benzene rings is 1. The predicted octanol–water partition coefficient (Wildman–Crippen LogP) is 2.33. The summed E-state index contributed by atoms with van der Waals surface area (Å²) in [6.07, 6.45) is 1.17. The van der Waals surface area contributed by atoms with Gasteiger partial charge >= 0.3 is 0 Å². The second-order valence-electron chi connectivity index (χ2n) is 5.33. The van der Waals surface area contributed by atoms with Crippen molar-refractivity contribution in [2.75, 3.05) is 6.54 Å². The maximum Gasteiger partial charge on any atom is 0.240 e. The highest BCUT2D eigenvalue weighted by molar-refractivity contribution is 5.85. The van der Waals surface area contributed by atoms with Crippen LogP contribution in [-0.2, 0) is 13.1 Å². The summed E-state index contributed by atoms with van der Waals surface area (Å²) >= 11 is 0. The first kappa shape index (κ1) is 15.9. The third-order valence-corrected chi connectivity index (χ3v) is 4.14. The average molecular weight is 309 g/mol. The van der Waals surface area contributed by atoms with E-state index in [1.807, 2.05) is 0 Å². The standard InChI is InChI=1S/C15H20N4O.ClH/c1-11-13(12-5-3-2-4-6-12)7-8-19(11)10-14-17-15(9-16)20-18-14;/h2-6,11,13H,7-10,16H2,1H3;1H. The van der Waals surface area contributed by atoms with Gasteiger partial charge in [0.2, 0.25) is 5.89 Å². The summed E-state index contributed by atoms with van der Waals surface area (Å²) in [5, 5.41) is 3.97. The minimum absolute atomic E-state index is 0. The first-order valence-electron chi connectivity index (χ1n) is 7.08. The zero-order valence-corrected chi connectivity index (χ0v) is 12.9. The van der Waals surface area contributed by atoms with E-state index >= 15 is 0 Å². The van der Waals surface area contributed by atoms with E-state index in [0.29, 0.717) is 24.4 Å². The van der Waals surface area contributed by atoms with E-state index < -0.39 is 0 Å². The topological polar surface area (TPSA) is 68.2 Å². The highest BCUT2D eigenvalue weighted by Gasteiger charge is 2.32. The molecule has 0 bridgehead atoms. The van der Waals surface area contributed by atoms with Crippen LogP contribution in [0.25, 0.3) is 0 Å². The maximum atomic E-state index is 5.49. The SMILES string of the molecule is CC1C(c2ccccc2)CCN1Cc1noc(CN)n1.Cl. The summed E-state index contributed by atoms with van der Waals surface area (Å²) in [5.74, 6) is 1.81. The molecule has 0 saturated carbocycles. The normalized spacial score (nSPS) is 22.2. The highest BCUT2D eigenvalue weighted by Crippen LogP contribution is 2.33. The molecule has 3 rings (SSSR count). The molecule has 1 aromatic carbocycles. The Hall–Kier alpha value is -1.43. The lowest BCUT2D eigenvalue weighted by molar-refractivity contribution is 0.241. The van der Waals surface area contributed by atoms with E-state index in [2.05, 4.69) is 52.3 Å². The first-order chi connectivity index (χ1) is 9.78. The minimum Gasteiger partial charge on any atom is -0.338 e. The fourth-order valence-corrected chi connectivity index (χ4v) is 2.99. The number of aromatic nitrogens is 2. The Morgan fingerprint density at radius 3 is 2.76 bits per heavy atom. The van der Waals surface area contributed by atoms with Gasteiger partial charge in [0.1, 0.15) is 0 Å². The molecule has 2 aromatic rings. The Kier molecular flexibility index (Phi) is 5.33. The summed E-state index contributed by atoms with van der Waals surface area (Å²) in [4.78, 5) is 6.69. The fourth-order valence-electron chi connectivity index (χ4n) is 2.99. The molecule has 114 valence electrons. The molecule has 1 aromatic heterocycles. The van der Waals surface area contributed by atoms with Crippen LogP contribution < -0.4 is 5.73 Å². The zero-order valence-electron chi connectivity index (χ0n) is 12.1. The molecule has 1 aliphatic rings. The van der Waals surface area contributed by atoms with E-state index in [4.69, 9.17) is 10.3 Å². The number of nitrogens with zero attached hydrogens (tertiary/aromatic N) is 3. The van der Waals surface area contributed by atoms with Crippen LogP contribution in [0.5, 0.6) is 0 Å². The molecule has 1 fully saturated rings. The lowest BCUT2D eigenvalue weighted by Crippen LogP contribution is -2.29. The molecule has 5 nitrogen and oxygen atoms in total. The van der Waals surface area contributed by atoms with Gasteiger partial charge in [-0.25, -0.2) is 0 Å². The third-order valence-electron chi connectivity index (χ3n) is 4.14. The number of nitrogens with two attached hydrogens (primary N) is 1. The molecule has 1 saturated heterocycles. The van der Waals surface area contributed by atoms with E-state index in [1.165, 1.54) is 12.0 Å². The van der Waals surface area contributed by atoms with E-state index in [0.717, 1.165) is 18.9 Å². The van der Waals surface area contributed by atoms with Crippen molar-refractivity contribution in [1.82, 2.24) is 15.0 Å². The van der Waals surface area contributed by atoms with Gasteiger partial charge < -0.3 is 10.3 Å². The van der Waals surface area contributed by atoms with E-state index in [-0.39, 0.29) is 12.4 Å². The van der Waals surface area contributed by atoms with Crippen molar-refractivity contribution in [3.05, 3.63) is 47.6 Å². The average Bonchev–Trinajstić information content (AvgIpc) is 3.08. The van der Waals surface area contributed by atoms with Gasteiger partial charge in [-0.2, -0.15) is 4.98 Å². The van der Waals surface area contributed by atoms with Gasteiger partial charge in [0.05, 0.1) is 13.1 Å². The molecular formula is C15H21ClN4O. The van der Waals surface area contributed by atoms with Gasteiger partial charge in [-0.1, -0.05) is 35.5 Å². The second-order valence-corrected chi connectivity index (χ2v) is 5.33. The summed E-state index contributed by atoms with van der Waals surface area (Å²) in [7, 11) is 0. The Bertz CT molecular complexity index is 560. The van der Waals surface area contributed by atoms with Crippen molar-refractivity contribution in [3.8, 4) is 0 Å². The number of likely N-dealkylation sites (tertiary alicyclic amines) is 1. The van der Waals surface area contributed by atoms with Crippen molar-refractivity contribution >= 4 is 12.4 Å². The maximum absolute atomic E-state index is 5.49. The molecule has 2 N–H and O–H groups in total. The Morgan fingerprint density at radius 1 is 1.33 bits per heavy atom. The molecular weight excluding hydrogens is 288 g/mol. The van der Waals surface area contributed by atoms with Crippen LogP contribution in [0.2, 0.25) is 0 Å². The van der Waals surface area contributed by atoms with Crippen LogP contribution in [0.15, 0.2) is 34.9 Å². The molecule has 1 aliphatic heterocycles. The molecule has 6 heteroatoms. The van der Waals surface area contributed by atoms with Crippen LogP contribution >= 0.6 is 12.4 Å². The quantitative estimate of drug-likeness (QED) is 0.939. The van der Waals surface area contributed by atoms with Gasteiger partial charge in [0, 0.05) is 12.0 Å². The Morgan fingerprint density at radius 2 is 2.10 bits per heavy atom. The van der Waals surface area contributed by atoms with Crippen molar-refractivity contribution in [1.29, 1.82) is 0 Å². The second kappa shape index (κ2) is 7.02. The van der Waals surface area contributed by atoms with Crippen molar-refractivity contribution in [2.24, 2.45) is 5.73 Å². The van der Waals surface area contributed by atoms with Gasteiger partial charge in [-0.3, -0.25) is 4.90 Å². The predicted molar refractivity (Wildman–Crippen MR) is 83.1 cm³/mol. The smallest absolute Gasteiger partial charge is 0.240 e. The number of hydrogen-bond acceptors (Lipinski definition) is 5. The lowest BCUT2D eigenvalue weighted by atomic mass is 9.93. The summed E-state index contributed by atoms with van der Waals surface area (Å²) in [6, 6.07) is 11.2. The molecule has 2 unspecified atom stereocenters. The van der Waals surface area contributed by atoms with Crippen molar-refractivity contribution < 1.29 is 4.52 Å². The van der Waals surface area contributed by atoms with Crippen LogP contribution in [-0.4, -0.2) is 27.6 Å². The number of rotatable bonds is 4. The fraction of sp³-hybridized carbons (Fsp3) is 0.467. The summed E-state index contributed by atoms with van der Waals surface area (Å²) < 4.78 is 5.06. The van der Waals surface area contributed by atoms with Gasteiger partial charge in [-0.15, -0.1) is 12.4 Å². The highest BCUT2D eigenvalue weighted by atomic mass is 35.5. The van der Waals surface area contributed by atoms with E-state index in [1.54, 1.807) is 0 Å². The van der Waals surface area contributed by atoms with Gasteiger partial charge in [0.25, 0.3) is 0 Å². The number of hydrogen-bond donors (Lipinski definition) is 1. The molecule has 0 radical (unpaired) electrons.